The number of benzene rings is 3. The van der Waals surface area contributed by atoms with Gasteiger partial charge in [-0.05, 0) is 6.07 Å². The van der Waals surface area contributed by atoms with Crippen LogP contribution >= 0.6 is 0 Å². The maximum absolute atomic E-state index is 10.2. The first-order valence-electron chi connectivity index (χ1n) is 8.83. The number of aromatic nitrogens is 3. The first-order valence-corrected chi connectivity index (χ1v) is 8.83. The van der Waals surface area contributed by atoms with E-state index in [9.17, 15) is 5.11 Å². The van der Waals surface area contributed by atoms with Crippen molar-refractivity contribution in [2.45, 2.75) is 0 Å². The molecular formula is C22H15N5O. The second kappa shape index (κ2) is 6.59. The van der Waals surface area contributed by atoms with Gasteiger partial charge < -0.3 is 10.1 Å². The summed E-state index contributed by atoms with van der Waals surface area (Å²) in [5.41, 5.74) is 2.96. The summed E-state index contributed by atoms with van der Waals surface area (Å²) in [7, 11) is 0. The Hall–Kier alpha value is -4.06. The third-order valence-corrected chi connectivity index (χ3v) is 4.62. The lowest BCUT2D eigenvalue weighted by molar-refractivity contribution is 0.459. The Morgan fingerprint density at radius 2 is 1.36 bits per heavy atom. The number of para-hydroxylation sites is 1. The van der Waals surface area contributed by atoms with E-state index < -0.39 is 0 Å². The van der Waals surface area contributed by atoms with Crippen LogP contribution in [0, 0.1) is 0 Å². The van der Waals surface area contributed by atoms with Crippen molar-refractivity contribution < 1.29 is 5.11 Å². The molecule has 0 spiro atoms. The average Bonchev–Trinajstić information content (AvgIpc) is 3.07. The van der Waals surface area contributed by atoms with Crippen molar-refractivity contribution >= 4 is 33.2 Å². The molecule has 3 aromatic carbocycles. The van der Waals surface area contributed by atoms with Crippen LogP contribution in [0.5, 0.6) is 5.88 Å². The highest BCUT2D eigenvalue weighted by Crippen LogP contribution is 2.37. The number of fused-ring (bicyclic) bond motifs is 2. The van der Waals surface area contributed by atoms with Gasteiger partial charge in [0.15, 0.2) is 5.69 Å². The van der Waals surface area contributed by atoms with E-state index in [0.717, 1.165) is 32.9 Å². The van der Waals surface area contributed by atoms with Crippen LogP contribution < -0.4 is 0 Å². The lowest BCUT2D eigenvalue weighted by atomic mass is 10.0. The molecule has 0 unspecified atom stereocenters. The number of aromatic hydroxyl groups is 1. The Balaban J connectivity index is 1.64. The predicted molar refractivity (Wildman–Crippen MR) is 109 cm³/mol. The van der Waals surface area contributed by atoms with E-state index in [4.69, 9.17) is 0 Å². The second-order valence-electron chi connectivity index (χ2n) is 6.35. The molecule has 0 aliphatic heterocycles. The zero-order chi connectivity index (χ0) is 18.9. The molecule has 2 N–H and O–H groups in total. The molecule has 5 rings (SSSR count). The van der Waals surface area contributed by atoms with E-state index >= 15 is 0 Å². The number of aromatic amines is 1. The molecular weight excluding hydrogens is 350 g/mol. The summed E-state index contributed by atoms with van der Waals surface area (Å²) in [6.45, 7) is 0. The number of azo groups is 1. The molecule has 134 valence electrons. The van der Waals surface area contributed by atoms with Gasteiger partial charge >= 0.3 is 0 Å². The molecule has 0 amide bonds. The fourth-order valence-corrected chi connectivity index (χ4v) is 3.28. The maximum atomic E-state index is 10.2. The molecule has 2 heterocycles. The van der Waals surface area contributed by atoms with E-state index in [0.29, 0.717) is 11.5 Å². The summed E-state index contributed by atoms with van der Waals surface area (Å²) < 4.78 is 0. The summed E-state index contributed by atoms with van der Waals surface area (Å²) in [4.78, 5) is 2.90. The number of nitrogens with zero attached hydrogens (tertiary/aromatic N) is 4. The van der Waals surface area contributed by atoms with Crippen LogP contribution in [0.3, 0.4) is 0 Å². The fraction of sp³-hybridized carbons (Fsp3) is 0. The predicted octanol–water partition coefficient (Wildman–Crippen LogP) is 5.90. The van der Waals surface area contributed by atoms with Crippen molar-refractivity contribution in [2.24, 2.45) is 10.2 Å². The van der Waals surface area contributed by atoms with Crippen LogP contribution in [0.2, 0.25) is 0 Å². The first kappa shape index (κ1) is 16.1. The molecule has 28 heavy (non-hydrogen) atoms. The first-order chi connectivity index (χ1) is 13.8. The highest BCUT2D eigenvalue weighted by atomic mass is 16.3. The Kier molecular flexibility index (Phi) is 3.80. The van der Waals surface area contributed by atoms with Crippen molar-refractivity contribution in [2.75, 3.05) is 0 Å². The number of hydrogen-bond donors (Lipinski definition) is 2. The normalized spacial score (nSPS) is 11.6. The molecule has 0 radical (unpaired) electrons. The lowest BCUT2D eigenvalue weighted by Crippen LogP contribution is -1.90. The number of nitrogens with one attached hydrogen (secondary N) is 1. The summed E-state index contributed by atoms with van der Waals surface area (Å²) in [6, 6.07) is 25.3. The van der Waals surface area contributed by atoms with Gasteiger partial charge in [0, 0.05) is 21.7 Å². The van der Waals surface area contributed by atoms with Gasteiger partial charge in [0.05, 0.1) is 5.52 Å². The van der Waals surface area contributed by atoms with Gasteiger partial charge in [-0.1, -0.05) is 72.8 Å². The Labute approximate surface area is 160 Å². The molecule has 0 bridgehead atoms. The van der Waals surface area contributed by atoms with Crippen LogP contribution in [0.15, 0.2) is 89.1 Å². The van der Waals surface area contributed by atoms with Crippen LogP contribution in [-0.4, -0.2) is 20.3 Å². The van der Waals surface area contributed by atoms with E-state index in [2.05, 4.69) is 25.4 Å². The smallest absolute Gasteiger partial charge is 0.218 e. The van der Waals surface area contributed by atoms with Crippen molar-refractivity contribution in [3.63, 3.8) is 0 Å². The zero-order valence-corrected chi connectivity index (χ0v) is 14.7. The summed E-state index contributed by atoms with van der Waals surface area (Å²) in [6.07, 6.45) is 0. The Morgan fingerprint density at radius 3 is 2.18 bits per heavy atom. The van der Waals surface area contributed by atoms with Crippen LogP contribution in [0.4, 0.5) is 11.5 Å². The minimum Gasteiger partial charge on any atom is -0.493 e. The molecule has 5 aromatic rings. The van der Waals surface area contributed by atoms with Gasteiger partial charge in [0.2, 0.25) is 11.7 Å². The second-order valence-corrected chi connectivity index (χ2v) is 6.35. The molecule has 0 aliphatic rings. The summed E-state index contributed by atoms with van der Waals surface area (Å²) in [5.74, 6) is 0.378. The van der Waals surface area contributed by atoms with Gasteiger partial charge in [0.25, 0.3) is 0 Å². The monoisotopic (exact) mass is 365 g/mol. The highest BCUT2D eigenvalue weighted by Gasteiger charge is 2.12. The van der Waals surface area contributed by atoms with Crippen LogP contribution in [-0.2, 0) is 0 Å². The molecule has 0 atom stereocenters. The number of H-pyrrole nitrogens is 1. The summed E-state index contributed by atoms with van der Waals surface area (Å²) >= 11 is 0. The van der Waals surface area contributed by atoms with Crippen molar-refractivity contribution in [1.82, 2.24) is 15.2 Å². The Morgan fingerprint density at radius 1 is 0.679 bits per heavy atom. The molecule has 6 heteroatoms. The highest BCUT2D eigenvalue weighted by molar-refractivity contribution is 5.99. The maximum Gasteiger partial charge on any atom is 0.218 e. The van der Waals surface area contributed by atoms with Gasteiger partial charge in [-0.3, -0.25) is 0 Å². The molecule has 0 fully saturated rings. The molecule has 2 aromatic heterocycles. The average molecular weight is 365 g/mol. The largest absolute Gasteiger partial charge is 0.493 e. The lowest BCUT2D eigenvalue weighted by Gasteiger charge is -2.06. The van der Waals surface area contributed by atoms with Crippen LogP contribution in [0.25, 0.3) is 32.9 Å². The molecule has 0 saturated heterocycles. The number of hydrogen-bond acceptors (Lipinski definition) is 5. The van der Waals surface area contributed by atoms with Crippen LogP contribution in [0.1, 0.15) is 0 Å². The molecule has 6 nitrogen and oxygen atoms in total. The summed E-state index contributed by atoms with van der Waals surface area (Å²) in [5, 5.41) is 30.0. The third-order valence-electron chi connectivity index (χ3n) is 4.62. The van der Waals surface area contributed by atoms with Gasteiger partial charge in [-0.15, -0.1) is 20.4 Å². The molecule has 0 aliphatic carbocycles. The van der Waals surface area contributed by atoms with Crippen molar-refractivity contribution in [3.8, 4) is 17.1 Å². The van der Waals surface area contributed by atoms with E-state index in [1.54, 1.807) is 0 Å². The molecule has 0 saturated carbocycles. The quantitative estimate of drug-likeness (QED) is 0.390. The van der Waals surface area contributed by atoms with E-state index in [-0.39, 0.29) is 5.88 Å². The third kappa shape index (κ3) is 2.68. The van der Waals surface area contributed by atoms with Crippen molar-refractivity contribution in [1.29, 1.82) is 0 Å². The number of rotatable bonds is 3. The standard InChI is InChI=1S/C22H15N5O/c28-22-20(17-12-6-7-13-18(17)23-22)25-27-21-16-11-5-4-10-15(16)19(24-26-21)14-8-2-1-3-9-14/h1-13,23,28H. The van der Waals surface area contributed by atoms with Gasteiger partial charge in [-0.25, -0.2) is 0 Å². The van der Waals surface area contributed by atoms with E-state index in [1.165, 1.54) is 0 Å². The van der Waals surface area contributed by atoms with E-state index in [1.807, 2.05) is 78.9 Å². The Bertz CT molecular complexity index is 1330. The minimum absolute atomic E-state index is 0.0249. The minimum atomic E-state index is -0.0249. The van der Waals surface area contributed by atoms with Gasteiger partial charge in [-0.2, -0.15) is 0 Å². The van der Waals surface area contributed by atoms with Crippen molar-refractivity contribution in [3.05, 3.63) is 78.9 Å². The zero-order valence-electron chi connectivity index (χ0n) is 14.7. The SMILES string of the molecule is Oc1[nH]c2ccccc2c1N=Nc1nnc(-c2ccccc2)c2ccccc12. The topological polar surface area (TPSA) is 86.5 Å². The fourth-order valence-electron chi connectivity index (χ4n) is 3.28. The van der Waals surface area contributed by atoms with Gasteiger partial charge in [0.1, 0.15) is 5.69 Å².